The molecule has 1 saturated heterocycles. The van der Waals surface area contributed by atoms with Crippen molar-refractivity contribution in [1.29, 1.82) is 0 Å². The topological polar surface area (TPSA) is 73.5 Å². The highest BCUT2D eigenvalue weighted by Crippen LogP contribution is 2.20. The Balaban J connectivity index is 1.73. The highest BCUT2D eigenvalue weighted by atomic mass is 35.5. The highest BCUT2D eigenvalue weighted by molar-refractivity contribution is 7.89. The van der Waals surface area contributed by atoms with Crippen LogP contribution in [0.3, 0.4) is 0 Å². The largest absolute Gasteiger partial charge is 0.357 e. The molecule has 3 rings (SSSR count). The minimum absolute atomic E-state index is 0.106. The van der Waals surface area contributed by atoms with E-state index in [0.717, 1.165) is 0 Å². The van der Waals surface area contributed by atoms with Gasteiger partial charge in [-0.1, -0.05) is 11.6 Å². The molecular weight excluding hydrogens is 350 g/mol. The molecule has 0 bridgehead atoms. The van der Waals surface area contributed by atoms with Crippen molar-refractivity contribution in [3.8, 4) is 0 Å². The van der Waals surface area contributed by atoms with Crippen molar-refractivity contribution in [3.05, 3.63) is 53.3 Å². The summed E-state index contributed by atoms with van der Waals surface area (Å²) in [5.41, 5.74) is 0.518. The number of hydrogen-bond acceptors (Lipinski definition) is 3. The third-order valence-corrected chi connectivity index (χ3v) is 6.19. The number of halogens is 1. The zero-order valence-corrected chi connectivity index (χ0v) is 14.6. The van der Waals surface area contributed by atoms with E-state index in [1.54, 1.807) is 35.4 Å². The Kier molecular flexibility index (Phi) is 4.93. The Morgan fingerprint density at radius 2 is 1.79 bits per heavy atom. The molecule has 1 fully saturated rings. The van der Waals surface area contributed by atoms with E-state index < -0.39 is 10.0 Å². The van der Waals surface area contributed by atoms with Gasteiger partial charge in [-0.15, -0.1) is 0 Å². The van der Waals surface area contributed by atoms with Crippen LogP contribution in [0.5, 0.6) is 0 Å². The number of nitrogens with one attached hydrogen (secondary N) is 1. The van der Waals surface area contributed by atoms with E-state index in [0.29, 0.717) is 36.8 Å². The molecule has 1 amide bonds. The molecule has 8 heteroatoms. The summed E-state index contributed by atoms with van der Waals surface area (Å²) in [5, 5.41) is 0.493. The lowest BCUT2D eigenvalue weighted by atomic mass is 10.3. The summed E-state index contributed by atoms with van der Waals surface area (Å²) in [6.45, 7) is 1.56. The molecule has 1 aliphatic rings. The first kappa shape index (κ1) is 17.0. The molecule has 0 saturated carbocycles. The third kappa shape index (κ3) is 3.48. The van der Waals surface area contributed by atoms with E-state index in [-0.39, 0.29) is 17.3 Å². The van der Waals surface area contributed by atoms with Crippen LogP contribution in [0.25, 0.3) is 0 Å². The summed E-state index contributed by atoms with van der Waals surface area (Å²) >= 11 is 5.82. The third-order valence-electron chi connectivity index (χ3n) is 4.02. The molecule has 1 aromatic heterocycles. The SMILES string of the molecule is O=C(c1ccc[nH]1)N1CCCN(S(=O)(=O)c2ccc(Cl)cc2)CC1. The summed E-state index contributed by atoms with van der Waals surface area (Å²) in [5.74, 6) is -0.106. The van der Waals surface area contributed by atoms with Gasteiger partial charge in [0, 0.05) is 37.4 Å². The molecule has 0 atom stereocenters. The van der Waals surface area contributed by atoms with Crippen LogP contribution >= 0.6 is 11.6 Å². The van der Waals surface area contributed by atoms with Crippen LogP contribution in [0.2, 0.25) is 5.02 Å². The number of aromatic amines is 1. The molecule has 128 valence electrons. The average Bonchev–Trinajstić information content (AvgIpc) is 2.98. The molecule has 2 aromatic rings. The van der Waals surface area contributed by atoms with Gasteiger partial charge in [-0.2, -0.15) is 4.31 Å². The Labute approximate surface area is 146 Å². The number of aromatic nitrogens is 1. The maximum absolute atomic E-state index is 12.7. The van der Waals surface area contributed by atoms with Crippen molar-refractivity contribution >= 4 is 27.5 Å². The summed E-state index contributed by atoms with van der Waals surface area (Å²) in [6, 6.07) is 9.62. The monoisotopic (exact) mass is 367 g/mol. The molecule has 1 aromatic carbocycles. The standard InChI is InChI=1S/C16H18ClN3O3S/c17-13-4-6-14(7-5-13)24(22,23)20-10-2-9-19(11-12-20)16(21)15-3-1-8-18-15/h1,3-8,18H,2,9-12H2. The molecule has 1 aliphatic heterocycles. The van der Waals surface area contributed by atoms with Crippen LogP contribution in [-0.4, -0.2) is 54.7 Å². The van der Waals surface area contributed by atoms with Crippen LogP contribution in [-0.2, 0) is 10.0 Å². The summed E-state index contributed by atoms with van der Waals surface area (Å²) in [4.78, 5) is 17.2. The van der Waals surface area contributed by atoms with E-state index in [1.165, 1.54) is 16.4 Å². The van der Waals surface area contributed by atoms with Crippen molar-refractivity contribution in [2.24, 2.45) is 0 Å². The molecule has 2 heterocycles. The molecule has 0 radical (unpaired) electrons. The van der Waals surface area contributed by atoms with E-state index in [2.05, 4.69) is 4.98 Å². The summed E-state index contributed by atoms with van der Waals surface area (Å²) in [7, 11) is -3.58. The van der Waals surface area contributed by atoms with E-state index >= 15 is 0 Å². The van der Waals surface area contributed by atoms with Crippen LogP contribution in [0.15, 0.2) is 47.5 Å². The number of benzene rings is 1. The van der Waals surface area contributed by atoms with Crippen molar-refractivity contribution < 1.29 is 13.2 Å². The predicted molar refractivity (Wildman–Crippen MR) is 91.5 cm³/mol. The van der Waals surface area contributed by atoms with Gasteiger partial charge < -0.3 is 9.88 Å². The highest BCUT2D eigenvalue weighted by Gasteiger charge is 2.28. The van der Waals surface area contributed by atoms with Gasteiger partial charge in [-0.3, -0.25) is 4.79 Å². The van der Waals surface area contributed by atoms with E-state index in [9.17, 15) is 13.2 Å². The fourth-order valence-electron chi connectivity index (χ4n) is 2.73. The molecule has 1 N–H and O–H groups in total. The Morgan fingerprint density at radius 1 is 1.04 bits per heavy atom. The Hall–Kier alpha value is -1.83. The number of H-pyrrole nitrogens is 1. The van der Waals surface area contributed by atoms with Gasteiger partial charge >= 0.3 is 0 Å². The summed E-state index contributed by atoms with van der Waals surface area (Å²) < 4.78 is 26.9. The second kappa shape index (κ2) is 6.96. The second-order valence-electron chi connectivity index (χ2n) is 5.59. The molecule has 0 aliphatic carbocycles. The Morgan fingerprint density at radius 3 is 2.46 bits per heavy atom. The molecule has 6 nitrogen and oxygen atoms in total. The lowest BCUT2D eigenvalue weighted by Crippen LogP contribution is -2.37. The summed E-state index contributed by atoms with van der Waals surface area (Å²) in [6.07, 6.45) is 2.29. The van der Waals surface area contributed by atoms with Crippen molar-refractivity contribution in [1.82, 2.24) is 14.2 Å². The number of nitrogens with zero attached hydrogens (tertiary/aromatic N) is 2. The lowest BCUT2D eigenvalue weighted by molar-refractivity contribution is 0.0759. The first-order valence-electron chi connectivity index (χ1n) is 7.67. The molecule has 0 unspecified atom stereocenters. The zero-order valence-electron chi connectivity index (χ0n) is 13.0. The minimum Gasteiger partial charge on any atom is -0.357 e. The maximum Gasteiger partial charge on any atom is 0.270 e. The van der Waals surface area contributed by atoms with Gasteiger partial charge in [0.1, 0.15) is 5.69 Å². The fourth-order valence-corrected chi connectivity index (χ4v) is 4.32. The quantitative estimate of drug-likeness (QED) is 0.903. The number of carbonyl (C=O) groups is 1. The predicted octanol–water partition coefficient (Wildman–Crippen LogP) is 2.20. The number of hydrogen-bond donors (Lipinski definition) is 1. The number of carbonyl (C=O) groups excluding carboxylic acids is 1. The van der Waals surface area contributed by atoms with Crippen molar-refractivity contribution in [2.75, 3.05) is 26.2 Å². The van der Waals surface area contributed by atoms with Crippen molar-refractivity contribution in [2.45, 2.75) is 11.3 Å². The van der Waals surface area contributed by atoms with Gasteiger partial charge in [0.15, 0.2) is 0 Å². The fraction of sp³-hybridized carbons (Fsp3) is 0.312. The zero-order chi connectivity index (χ0) is 17.2. The van der Waals surface area contributed by atoms with Crippen LogP contribution in [0.1, 0.15) is 16.9 Å². The number of amides is 1. The molecule has 24 heavy (non-hydrogen) atoms. The normalized spacial score (nSPS) is 16.8. The van der Waals surface area contributed by atoms with Gasteiger partial charge in [-0.25, -0.2) is 8.42 Å². The van der Waals surface area contributed by atoms with Gasteiger partial charge in [-0.05, 0) is 42.8 Å². The average molecular weight is 368 g/mol. The molecule has 0 spiro atoms. The van der Waals surface area contributed by atoms with Crippen LogP contribution in [0, 0.1) is 0 Å². The first-order valence-corrected chi connectivity index (χ1v) is 9.49. The van der Waals surface area contributed by atoms with Crippen LogP contribution < -0.4 is 0 Å². The van der Waals surface area contributed by atoms with Crippen LogP contribution in [0.4, 0.5) is 0 Å². The second-order valence-corrected chi connectivity index (χ2v) is 7.96. The number of rotatable bonds is 3. The molecular formula is C16H18ClN3O3S. The smallest absolute Gasteiger partial charge is 0.270 e. The lowest BCUT2D eigenvalue weighted by Gasteiger charge is -2.21. The minimum atomic E-state index is -3.58. The number of sulfonamides is 1. The van der Waals surface area contributed by atoms with Crippen molar-refractivity contribution in [3.63, 3.8) is 0 Å². The first-order chi connectivity index (χ1) is 11.5. The van der Waals surface area contributed by atoms with Gasteiger partial charge in [0.2, 0.25) is 10.0 Å². The van der Waals surface area contributed by atoms with E-state index in [4.69, 9.17) is 11.6 Å². The maximum atomic E-state index is 12.7. The van der Waals surface area contributed by atoms with E-state index in [1.807, 2.05) is 0 Å². The van der Waals surface area contributed by atoms with Gasteiger partial charge in [0.25, 0.3) is 5.91 Å². The van der Waals surface area contributed by atoms with Gasteiger partial charge in [0.05, 0.1) is 4.90 Å². The Bertz CT molecular complexity index is 804.